The molecule has 3 aliphatic rings. The van der Waals surface area contributed by atoms with Crippen LogP contribution in [0.2, 0.25) is 0 Å². The zero-order valence-electron chi connectivity index (χ0n) is 18.8. The number of carbonyl (C=O) groups excluding carboxylic acids is 2. The summed E-state index contributed by atoms with van der Waals surface area (Å²) in [6, 6.07) is 13.7. The van der Waals surface area contributed by atoms with Gasteiger partial charge < -0.3 is 20.3 Å². The van der Waals surface area contributed by atoms with Gasteiger partial charge in [0.15, 0.2) is 0 Å². The van der Waals surface area contributed by atoms with Gasteiger partial charge in [0.1, 0.15) is 5.75 Å². The smallest absolute Gasteiger partial charge is 0.252 e. The van der Waals surface area contributed by atoms with Gasteiger partial charge in [-0.25, -0.2) is 0 Å². The first kappa shape index (κ1) is 21.0. The number of nitrogens with one attached hydrogen (secondary N) is 2. The van der Waals surface area contributed by atoms with Gasteiger partial charge in [0.2, 0.25) is 5.91 Å². The molecule has 2 aromatic rings. The molecule has 168 valence electrons. The molecule has 3 aliphatic heterocycles. The fourth-order valence-electron chi connectivity index (χ4n) is 5.77. The van der Waals surface area contributed by atoms with Crippen molar-refractivity contribution >= 4 is 11.8 Å². The van der Waals surface area contributed by atoms with E-state index in [1.54, 1.807) is 7.11 Å². The second kappa shape index (κ2) is 8.58. The summed E-state index contributed by atoms with van der Waals surface area (Å²) in [6.07, 6.45) is 3.54. The van der Waals surface area contributed by atoms with Crippen molar-refractivity contribution < 1.29 is 14.3 Å². The Hall–Kier alpha value is -2.86. The van der Waals surface area contributed by atoms with E-state index < -0.39 is 0 Å². The van der Waals surface area contributed by atoms with E-state index in [0.717, 1.165) is 48.2 Å². The largest absolute Gasteiger partial charge is 0.496 e. The molecule has 0 radical (unpaired) electrons. The highest BCUT2D eigenvalue weighted by atomic mass is 16.5. The van der Waals surface area contributed by atoms with E-state index in [0.29, 0.717) is 18.5 Å². The number of rotatable bonds is 4. The number of nitrogens with zero attached hydrogens (tertiary/aromatic N) is 1. The number of fused-ring (bicyclic) bond motifs is 4. The van der Waals surface area contributed by atoms with Gasteiger partial charge in [0, 0.05) is 23.7 Å². The minimum absolute atomic E-state index is 0.0579. The standard InChI is InChI=1S/C26H31N3O3/c1-16(17-7-4-3-5-8-17)28-25(30)20-10-11-23(32-2)19-12-14-29-22(24(19)20)15-21-18(26(29)31)9-6-13-27-21/h3-5,7-8,10-11,16,18,21-22,27H,6,9,12-15H2,1-2H3,(H,28,30)/t16-,18+,21+,22-/m1/s1. The van der Waals surface area contributed by atoms with E-state index in [1.165, 1.54) is 0 Å². The van der Waals surface area contributed by atoms with Crippen molar-refractivity contribution in [3.05, 3.63) is 64.7 Å². The Morgan fingerprint density at radius 2 is 2.03 bits per heavy atom. The van der Waals surface area contributed by atoms with Crippen LogP contribution in [0.1, 0.15) is 65.3 Å². The van der Waals surface area contributed by atoms with Gasteiger partial charge in [-0.15, -0.1) is 0 Å². The zero-order chi connectivity index (χ0) is 22.2. The van der Waals surface area contributed by atoms with Gasteiger partial charge in [-0.2, -0.15) is 0 Å². The maximum Gasteiger partial charge on any atom is 0.252 e. The molecule has 0 aromatic heterocycles. The van der Waals surface area contributed by atoms with E-state index in [1.807, 2.05) is 54.3 Å². The molecule has 0 bridgehead atoms. The number of hydrogen-bond donors (Lipinski definition) is 2. The molecular formula is C26H31N3O3. The molecule has 0 spiro atoms. The van der Waals surface area contributed by atoms with Crippen LogP contribution in [0.15, 0.2) is 42.5 Å². The minimum atomic E-state index is -0.112. The van der Waals surface area contributed by atoms with Crippen LogP contribution >= 0.6 is 0 Å². The summed E-state index contributed by atoms with van der Waals surface area (Å²) in [5.41, 5.74) is 3.75. The van der Waals surface area contributed by atoms with E-state index >= 15 is 0 Å². The lowest BCUT2D eigenvalue weighted by Gasteiger charge is -2.49. The molecule has 4 atom stereocenters. The fourth-order valence-corrected chi connectivity index (χ4v) is 5.77. The molecule has 2 amide bonds. The zero-order valence-corrected chi connectivity index (χ0v) is 18.8. The third-order valence-electron chi connectivity index (χ3n) is 7.40. The molecule has 0 saturated carbocycles. The van der Waals surface area contributed by atoms with Crippen LogP contribution in [-0.2, 0) is 11.2 Å². The van der Waals surface area contributed by atoms with Crippen molar-refractivity contribution in [2.45, 2.75) is 50.7 Å². The van der Waals surface area contributed by atoms with Gasteiger partial charge >= 0.3 is 0 Å². The van der Waals surface area contributed by atoms with E-state index in [2.05, 4.69) is 10.6 Å². The normalized spacial score (nSPS) is 25.2. The molecule has 2 aromatic carbocycles. The highest BCUT2D eigenvalue weighted by molar-refractivity contribution is 5.97. The van der Waals surface area contributed by atoms with Gasteiger partial charge in [-0.3, -0.25) is 9.59 Å². The van der Waals surface area contributed by atoms with Crippen LogP contribution in [0.5, 0.6) is 5.75 Å². The summed E-state index contributed by atoms with van der Waals surface area (Å²) in [7, 11) is 1.67. The maximum atomic E-state index is 13.5. The molecule has 32 heavy (non-hydrogen) atoms. The Morgan fingerprint density at radius 1 is 1.22 bits per heavy atom. The number of benzene rings is 2. The number of methoxy groups -OCH3 is 1. The average Bonchev–Trinajstić information content (AvgIpc) is 2.83. The summed E-state index contributed by atoms with van der Waals surface area (Å²) in [4.78, 5) is 28.8. The summed E-state index contributed by atoms with van der Waals surface area (Å²) < 4.78 is 5.66. The number of carbonyl (C=O) groups is 2. The summed E-state index contributed by atoms with van der Waals surface area (Å²) >= 11 is 0. The molecule has 5 rings (SSSR count). The Kier molecular flexibility index (Phi) is 5.64. The number of amides is 2. The number of hydrogen-bond acceptors (Lipinski definition) is 4. The highest BCUT2D eigenvalue weighted by Gasteiger charge is 2.46. The monoisotopic (exact) mass is 433 g/mol. The summed E-state index contributed by atoms with van der Waals surface area (Å²) in [5, 5.41) is 6.73. The molecule has 2 saturated heterocycles. The fraction of sp³-hybridized carbons (Fsp3) is 0.462. The molecule has 2 N–H and O–H groups in total. The van der Waals surface area contributed by atoms with Crippen LogP contribution in [-0.4, -0.2) is 43.0 Å². The van der Waals surface area contributed by atoms with Gasteiger partial charge in [0.25, 0.3) is 5.91 Å². The first-order valence-electron chi connectivity index (χ1n) is 11.7. The van der Waals surface area contributed by atoms with Crippen LogP contribution in [0.3, 0.4) is 0 Å². The lowest BCUT2D eigenvalue weighted by molar-refractivity contribution is -0.145. The predicted octanol–water partition coefficient (Wildman–Crippen LogP) is 3.38. The molecule has 6 heteroatoms. The molecule has 0 aliphatic carbocycles. The average molecular weight is 434 g/mol. The Morgan fingerprint density at radius 3 is 2.81 bits per heavy atom. The van der Waals surface area contributed by atoms with Crippen molar-refractivity contribution in [2.24, 2.45) is 5.92 Å². The molecule has 2 fully saturated rings. The van der Waals surface area contributed by atoms with Crippen molar-refractivity contribution in [3.8, 4) is 5.75 Å². The summed E-state index contributed by atoms with van der Waals surface area (Å²) in [6.45, 7) is 3.63. The van der Waals surface area contributed by atoms with Crippen LogP contribution < -0.4 is 15.4 Å². The maximum absolute atomic E-state index is 13.5. The minimum Gasteiger partial charge on any atom is -0.496 e. The second-order valence-electron chi connectivity index (χ2n) is 9.16. The lowest BCUT2D eigenvalue weighted by atomic mass is 9.75. The second-order valence-corrected chi connectivity index (χ2v) is 9.16. The van der Waals surface area contributed by atoms with E-state index in [-0.39, 0.29) is 35.9 Å². The number of piperidine rings is 2. The van der Waals surface area contributed by atoms with Crippen molar-refractivity contribution in [3.63, 3.8) is 0 Å². The molecule has 0 unspecified atom stereocenters. The first-order valence-corrected chi connectivity index (χ1v) is 11.7. The molecular weight excluding hydrogens is 402 g/mol. The Labute approximate surface area is 189 Å². The third-order valence-corrected chi connectivity index (χ3v) is 7.40. The van der Waals surface area contributed by atoms with Crippen molar-refractivity contribution in [1.82, 2.24) is 15.5 Å². The van der Waals surface area contributed by atoms with Crippen LogP contribution in [0, 0.1) is 5.92 Å². The quantitative estimate of drug-likeness (QED) is 0.776. The molecule has 3 heterocycles. The van der Waals surface area contributed by atoms with E-state index in [9.17, 15) is 9.59 Å². The van der Waals surface area contributed by atoms with Crippen molar-refractivity contribution in [2.75, 3.05) is 20.2 Å². The highest BCUT2D eigenvalue weighted by Crippen LogP contribution is 2.45. The van der Waals surface area contributed by atoms with Gasteiger partial charge in [0.05, 0.1) is 25.1 Å². The van der Waals surface area contributed by atoms with Gasteiger partial charge in [-0.05, 0) is 62.4 Å². The van der Waals surface area contributed by atoms with Gasteiger partial charge in [-0.1, -0.05) is 30.3 Å². The predicted molar refractivity (Wildman–Crippen MR) is 123 cm³/mol. The van der Waals surface area contributed by atoms with Crippen molar-refractivity contribution in [1.29, 1.82) is 0 Å². The Balaban J connectivity index is 1.51. The third kappa shape index (κ3) is 3.56. The number of ether oxygens (including phenoxy) is 1. The van der Waals surface area contributed by atoms with E-state index in [4.69, 9.17) is 4.74 Å². The lowest BCUT2D eigenvalue weighted by Crippen LogP contribution is -2.58. The first-order chi connectivity index (χ1) is 15.6. The Bertz CT molecular complexity index is 1020. The summed E-state index contributed by atoms with van der Waals surface area (Å²) in [5.74, 6) is 0.991. The molecule has 6 nitrogen and oxygen atoms in total. The van der Waals surface area contributed by atoms with Crippen LogP contribution in [0.4, 0.5) is 0 Å². The topological polar surface area (TPSA) is 70.7 Å². The van der Waals surface area contributed by atoms with Crippen LogP contribution in [0.25, 0.3) is 0 Å². The SMILES string of the molecule is COc1ccc(C(=O)N[C@H](C)c2ccccc2)c2c1CCN1C(=O)[C@H]3CCCN[C@H]3C[C@H]21.